The van der Waals surface area contributed by atoms with Gasteiger partial charge in [-0.1, -0.05) is 37.3 Å². The number of anilines is 1. The van der Waals surface area contributed by atoms with Crippen molar-refractivity contribution in [3.05, 3.63) is 59.7 Å². The second-order valence-electron chi connectivity index (χ2n) is 5.82. The standard InChI is InChI=1S/C19H23NOS/c1-5-14-8-6-7-9-17(14)20-19(2,3)18(21)15-10-12-16(22-4)13-11-15/h6-13,20H,5H2,1-4H3. The third-order valence-corrected chi connectivity index (χ3v) is 4.51. The molecule has 2 rings (SSSR count). The van der Waals surface area contributed by atoms with E-state index in [1.54, 1.807) is 11.8 Å². The molecule has 0 aliphatic carbocycles. The van der Waals surface area contributed by atoms with Crippen molar-refractivity contribution in [2.24, 2.45) is 0 Å². The van der Waals surface area contributed by atoms with Gasteiger partial charge in [0.2, 0.25) is 0 Å². The lowest BCUT2D eigenvalue weighted by Crippen LogP contribution is -2.40. The average molecular weight is 313 g/mol. The lowest BCUT2D eigenvalue weighted by atomic mass is 9.92. The number of Topliss-reactive ketones (excluding diaryl/α,β-unsaturated/α-hetero) is 1. The first-order chi connectivity index (χ1) is 10.5. The van der Waals surface area contributed by atoms with Crippen LogP contribution < -0.4 is 5.32 Å². The van der Waals surface area contributed by atoms with Gasteiger partial charge >= 0.3 is 0 Å². The first kappa shape index (κ1) is 16.6. The van der Waals surface area contributed by atoms with Crippen LogP contribution in [-0.2, 0) is 6.42 Å². The van der Waals surface area contributed by atoms with Gasteiger partial charge < -0.3 is 5.32 Å². The maximum absolute atomic E-state index is 12.8. The SMILES string of the molecule is CCc1ccccc1NC(C)(C)C(=O)c1ccc(SC)cc1. The lowest BCUT2D eigenvalue weighted by molar-refractivity contribution is 0.0927. The second kappa shape index (κ2) is 7.01. The van der Waals surface area contributed by atoms with Gasteiger partial charge in [0.25, 0.3) is 0 Å². The summed E-state index contributed by atoms with van der Waals surface area (Å²) in [6.07, 6.45) is 2.97. The smallest absolute Gasteiger partial charge is 0.187 e. The van der Waals surface area contributed by atoms with Crippen LogP contribution in [0.4, 0.5) is 5.69 Å². The van der Waals surface area contributed by atoms with Gasteiger partial charge in [0.1, 0.15) is 0 Å². The van der Waals surface area contributed by atoms with Gasteiger partial charge in [0, 0.05) is 16.1 Å². The normalized spacial score (nSPS) is 11.3. The molecule has 22 heavy (non-hydrogen) atoms. The monoisotopic (exact) mass is 313 g/mol. The highest BCUT2D eigenvalue weighted by Gasteiger charge is 2.28. The number of nitrogens with one attached hydrogen (secondary N) is 1. The summed E-state index contributed by atoms with van der Waals surface area (Å²) < 4.78 is 0. The molecule has 0 saturated heterocycles. The molecule has 2 aromatic rings. The zero-order valence-electron chi connectivity index (χ0n) is 13.6. The molecule has 116 valence electrons. The molecule has 0 aromatic heterocycles. The minimum atomic E-state index is -0.647. The number of ketones is 1. The summed E-state index contributed by atoms with van der Waals surface area (Å²) >= 11 is 1.68. The van der Waals surface area contributed by atoms with E-state index >= 15 is 0 Å². The van der Waals surface area contributed by atoms with E-state index in [4.69, 9.17) is 0 Å². The number of carbonyl (C=O) groups is 1. The Kier molecular flexibility index (Phi) is 5.30. The average Bonchev–Trinajstić information content (AvgIpc) is 2.54. The second-order valence-corrected chi connectivity index (χ2v) is 6.70. The van der Waals surface area contributed by atoms with Crippen molar-refractivity contribution >= 4 is 23.2 Å². The quantitative estimate of drug-likeness (QED) is 0.598. The number of hydrogen-bond acceptors (Lipinski definition) is 3. The number of benzene rings is 2. The van der Waals surface area contributed by atoms with Crippen molar-refractivity contribution in [1.29, 1.82) is 0 Å². The largest absolute Gasteiger partial charge is 0.373 e. The Morgan fingerprint density at radius 2 is 1.73 bits per heavy atom. The number of thioether (sulfide) groups is 1. The minimum absolute atomic E-state index is 0.103. The first-order valence-corrected chi connectivity index (χ1v) is 8.75. The minimum Gasteiger partial charge on any atom is -0.373 e. The molecule has 0 spiro atoms. The van der Waals surface area contributed by atoms with Crippen LogP contribution in [-0.4, -0.2) is 17.6 Å². The van der Waals surface area contributed by atoms with E-state index in [9.17, 15) is 4.79 Å². The summed E-state index contributed by atoms with van der Waals surface area (Å²) in [6, 6.07) is 15.9. The first-order valence-electron chi connectivity index (χ1n) is 7.53. The van der Waals surface area contributed by atoms with E-state index < -0.39 is 5.54 Å². The highest BCUT2D eigenvalue weighted by molar-refractivity contribution is 7.98. The Morgan fingerprint density at radius 1 is 1.09 bits per heavy atom. The van der Waals surface area contributed by atoms with Crippen LogP contribution in [0.1, 0.15) is 36.7 Å². The van der Waals surface area contributed by atoms with E-state index in [2.05, 4.69) is 18.3 Å². The Morgan fingerprint density at radius 3 is 2.32 bits per heavy atom. The number of aryl methyl sites for hydroxylation is 1. The summed E-state index contributed by atoms with van der Waals surface area (Å²) in [5.74, 6) is 0.103. The Balaban J connectivity index is 2.22. The van der Waals surface area contributed by atoms with Crippen molar-refractivity contribution < 1.29 is 4.79 Å². The lowest BCUT2D eigenvalue weighted by Gasteiger charge is -2.27. The van der Waals surface area contributed by atoms with E-state index in [0.717, 1.165) is 17.7 Å². The van der Waals surface area contributed by atoms with Crippen LogP contribution >= 0.6 is 11.8 Å². The van der Waals surface area contributed by atoms with Crippen LogP contribution in [0.5, 0.6) is 0 Å². The highest BCUT2D eigenvalue weighted by atomic mass is 32.2. The number of para-hydroxylation sites is 1. The van der Waals surface area contributed by atoms with E-state index in [-0.39, 0.29) is 5.78 Å². The molecule has 1 N–H and O–H groups in total. The fourth-order valence-corrected chi connectivity index (χ4v) is 2.86. The van der Waals surface area contributed by atoms with Gasteiger partial charge in [0.15, 0.2) is 5.78 Å². The maximum atomic E-state index is 12.8. The van der Waals surface area contributed by atoms with E-state index in [0.29, 0.717) is 0 Å². The van der Waals surface area contributed by atoms with Crippen molar-refractivity contribution in [1.82, 2.24) is 0 Å². The summed E-state index contributed by atoms with van der Waals surface area (Å²) in [6.45, 7) is 5.99. The van der Waals surface area contributed by atoms with Crippen LogP contribution in [0.25, 0.3) is 0 Å². The summed E-state index contributed by atoms with van der Waals surface area (Å²) in [5.41, 5.74) is 2.35. The molecular formula is C19H23NOS. The van der Waals surface area contributed by atoms with Crippen molar-refractivity contribution in [2.75, 3.05) is 11.6 Å². The van der Waals surface area contributed by atoms with Crippen LogP contribution in [0.2, 0.25) is 0 Å². The topological polar surface area (TPSA) is 29.1 Å². The van der Waals surface area contributed by atoms with Gasteiger partial charge in [-0.05, 0) is 50.3 Å². The molecule has 0 aliphatic heterocycles. The van der Waals surface area contributed by atoms with Crippen LogP contribution in [0.3, 0.4) is 0 Å². The summed E-state index contributed by atoms with van der Waals surface area (Å²) in [4.78, 5) is 14.0. The fraction of sp³-hybridized carbons (Fsp3) is 0.316. The summed E-state index contributed by atoms with van der Waals surface area (Å²) in [7, 11) is 0. The van der Waals surface area contributed by atoms with Crippen molar-refractivity contribution in [3.8, 4) is 0 Å². The fourth-order valence-electron chi connectivity index (χ4n) is 2.45. The Bertz CT molecular complexity index is 647. The third kappa shape index (κ3) is 3.72. The highest BCUT2D eigenvalue weighted by Crippen LogP contribution is 2.24. The molecule has 0 radical (unpaired) electrons. The predicted molar refractivity (Wildman–Crippen MR) is 96.1 cm³/mol. The van der Waals surface area contributed by atoms with Crippen molar-refractivity contribution in [3.63, 3.8) is 0 Å². The van der Waals surface area contributed by atoms with Gasteiger partial charge in [-0.25, -0.2) is 0 Å². The molecule has 0 bridgehead atoms. The molecular weight excluding hydrogens is 290 g/mol. The molecule has 0 amide bonds. The zero-order chi connectivity index (χ0) is 16.2. The summed E-state index contributed by atoms with van der Waals surface area (Å²) in [5, 5.41) is 3.41. The molecule has 0 fully saturated rings. The van der Waals surface area contributed by atoms with Gasteiger partial charge in [-0.15, -0.1) is 11.8 Å². The zero-order valence-corrected chi connectivity index (χ0v) is 14.5. The molecule has 2 aromatic carbocycles. The molecule has 3 heteroatoms. The van der Waals surface area contributed by atoms with Gasteiger partial charge in [-0.2, -0.15) is 0 Å². The molecule has 0 heterocycles. The number of hydrogen-bond donors (Lipinski definition) is 1. The van der Waals surface area contributed by atoms with Crippen molar-refractivity contribution in [2.45, 2.75) is 37.6 Å². The number of carbonyl (C=O) groups excluding carboxylic acids is 1. The Hall–Kier alpha value is -1.74. The molecule has 0 unspecified atom stereocenters. The van der Waals surface area contributed by atoms with Crippen LogP contribution in [0.15, 0.2) is 53.4 Å². The van der Waals surface area contributed by atoms with E-state index in [1.165, 1.54) is 10.5 Å². The maximum Gasteiger partial charge on any atom is 0.187 e. The van der Waals surface area contributed by atoms with Gasteiger partial charge in [-0.3, -0.25) is 4.79 Å². The van der Waals surface area contributed by atoms with Gasteiger partial charge in [0.05, 0.1) is 5.54 Å². The Labute approximate surface area is 137 Å². The molecule has 0 saturated carbocycles. The molecule has 0 atom stereocenters. The van der Waals surface area contributed by atoms with E-state index in [1.807, 2.05) is 62.6 Å². The number of rotatable bonds is 6. The molecule has 2 nitrogen and oxygen atoms in total. The van der Waals surface area contributed by atoms with Crippen LogP contribution in [0, 0.1) is 0 Å². The molecule has 0 aliphatic rings. The predicted octanol–water partition coefficient (Wildman–Crippen LogP) is 5.04. The third-order valence-electron chi connectivity index (χ3n) is 3.77.